The first-order valence-electron chi connectivity index (χ1n) is 7.81. The van der Waals surface area contributed by atoms with E-state index in [1.807, 2.05) is 31.2 Å². The van der Waals surface area contributed by atoms with Crippen LogP contribution in [0.5, 0.6) is 0 Å². The zero-order chi connectivity index (χ0) is 18.8. The number of benzene rings is 1. The van der Waals surface area contributed by atoms with Crippen molar-refractivity contribution < 1.29 is 4.79 Å². The number of aryl methyl sites for hydroxylation is 1. The maximum Gasteiger partial charge on any atom is 0.236 e. The number of amides is 1. The van der Waals surface area contributed by atoms with Crippen molar-refractivity contribution in [2.24, 2.45) is 0 Å². The molecule has 0 unspecified atom stereocenters. The number of nitrogens with zero attached hydrogens (tertiary/aromatic N) is 4. The third-order valence-electron chi connectivity index (χ3n) is 3.60. The molecule has 3 heterocycles. The summed E-state index contributed by atoms with van der Waals surface area (Å²) in [6.45, 7) is 1.84. The molecule has 1 N–H and O–H groups in total. The van der Waals surface area contributed by atoms with Crippen molar-refractivity contribution in [2.45, 2.75) is 11.9 Å². The molecule has 6 nitrogen and oxygen atoms in total. The summed E-state index contributed by atoms with van der Waals surface area (Å²) in [4.78, 5) is 21.8. The molecule has 1 amide bonds. The van der Waals surface area contributed by atoms with Crippen LogP contribution in [0.4, 0.5) is 5.13 Å². The van der Waals surface area contributed by atoms with Gasteiger partial charge in [0.2, 0.25) is 11.0 Å². The van der Waals surface area contributed by atoms with Crippen LogP contribution in [0, 0.1) is 6.92 Å². The van der Waals surface area contributed by atoms with Crippen LogP contribution in [0.15, 0.2) is 41.0 Å². The van der Waals surface area contributed by atoms with E-state index in [0.717, 1.165) is 31.4 Å². The van der Waals surface area contributed by atoms with Crippen LogP contribution in [-0.2, 0) is 4.79 Å². The number of thioether (sulfide) groups is 1. The number of fused-ring (bicyclic) bond motifs is 1. The van der Waals surface area contributed by atoms with E-state index in [0.29, 0.717) is 10.2 Å². The van der Waals surface area contributed by atoms with E-state index in [9.17, 15) is 4.79 Å². The van der Waals surface area contributed by atoms with Gasteiger partial charge in [0, 0.05) is 16.0 Å². The van der Waals surface area contributed by atoms with Crippen LogP contribution in [0.2, 0.25) is 5.02 Å². The van der Waals surface area contributed by atoms with Crippen LogP contribution in [0.3, 0.4) is 0 Å². The zero-order valence-corrected chi connectivity index (χ0v) is 17.2. The Morgan fingerprint density at radius 1 is 1.22 bits per heavy atom. The van der Waals surface area contributed by atoms with Gasteiger partial charge in [-0.3, -0.25) is 10.1 Å². The fraction of sp³-hybridized carbons (Fsp3) is 0.118. The second-order valence-electron chi connectivity index (χ2n) is 5.48. The smallest absolute Gasteiger partial charge is 0.236 e. The molecule has 1 aromatic carbocycles. The largest absolute Gasteiger partial charge is 0.300 e. The van der Waals surface area contributed by atoms with Gasteiger partial charge in [0.25, 0.3) is 0 Å². The van der Waals surface area contributed by atoms with Crippen molar-refractivity contribution in [1.82, 2.24) is 20.2 Å². The average Bonchev–Trinajstić information content (AvgIpc) is 3.27. The Kier molecular flexibility index (Phi) is 5.35. The number of carbonyl (C=O) groups excluding carboxylic acids is 1. The van der Waals surface area contributed by atoms with Gasteiger partial charge >= 0.3 is 0 Å². The molecule has 0 bridgehead atoms. The quantitative estimate of drug-likeness (QED) is 0.356. The summed E-state index contributed by atoms with van der Waals surface area (Å²) in [6.07, 6.45) is 1.53. The van der Waals surface area contributed by atoms with Crippen LogP contribution < -0.4 is 5.32 Å². The van der Waals surface area contributed by atoms with Gasteiger partial charge in [0.1, 0.15) is 21.2 Å². The molecule has 0 aliphatic carbocycles. The van der Waals surface area contributed by atoms with Gasteiger partial charge < -0.3 is 0 Å². The number of carbonyl (C=O) groups is 1. The maximum atomic E-state index is 12.2. The van der Waals surface area contributed by atoms with E-state index in [4.69, 9.17) is 11.6 Å². The average molecular weight is 434 g/mol. The second kappa shape index (κ2) is 7.89. The van der Waals surface area contributed by atoms with Crippen molar-refractivity contribution in [2.75, 3.05) is 11.1 Å². The van der Waals surface area contributed by atoms with Gasteiger partial charge in [-0.15, -0.1) is 21.5 Å². The Morgan fingerprint density at radius 2 is 2.04 bits per heavy atom. The van der Waals surface area contributed by atoms with E-state index >= 15 is 0 Å². The number of halogens is 1. The molecule has 10 heteroatoms. The van der Waals surface area contributed by atoms with Crippen molar-refractivity contribution in [3.05, 3.63) is 46.0 Å². The number of anilines is 1. The predicted octanol–water partition coefficient (Wildman–Crippen LogP) is 4.90. The van der Waals surface area contributed by atoms with Crippen LogP contribution >= 0.6 is 46.0 Å². The minimum absolute atomic E-state index is 0.147. The molecule has 0 aliphatic rings. The molecule has 0 radical (unpaired) electrons. The molecule has 0 aliphatic heterocycles. The van der Waals surface area contributed by atoms with Crippen LogP contribution in [0.1, 0.15) is 5.01 Å². The molecule has 27 heavy (non-hydrogen) atoms. The Balaban J connectivity index is 1.57. The standard InChI is InChI=1S/C17H12ClN5OS3/c1-9-22-23-17(27-9)21-13(24)7-26-16-14-12(6-25-15(14)19-8-20-16)10-2-4-11(18)5-3-10/h2-6,8H,7H2,1H3,(H,21,23,24). The summed E-state index contributed by atoms with van der Waals surface area (Å²) in [6, 6.07) is 7.65. The highest BCUT2D eigenvalue weighted by Gasteiger charge is 2.15. The predicted molar refractivity (Wildman–Crippen MR) is 112 cm³/mol. The molecule has 4 aromatic rings. The number of rotatable bonds is 5. The SMILES string of the molecule is Cc1nnc(NC(=O)CSc2ncnc3scc(-c4ccc(Cl)cc4)c23)s1. The summed E-state index contributed by atoms with van der Waals surface area (Å²) in [7, 11) is 0. The Hall–Kier alpha value is -2.07. The molecule has 0 saturated carbocycles. The molecular weight excluding hydrogens is 422 g/mol. The fourth-order valence-corrected chi connectivity index (χ4v) is 4.96. The molecule has 0 atom stereocenters. The van der Waals surface area contributed by atoms with Gasteiger partial charge in [0.15, 0.2) is 0 Å². The summed E-state index contributed by atoms with van der Waals surface area (Å²) >= 11 is 10.3. The van der Waals surface area contributed by atoms with E-state index in [2.05, 4.69) is 30.9 Å². The normalized spacial score (nSPS) is 11.0. The topological polar surface area (TPSA) is 80.7 Å². The Bertz CT molecular complexity index is 1110. The zero-order valence-electron chi connectivity index (χ0n) is 14.0. The summed E-state index contributed by atoms with van der Waals surface area (Å²) in [5.41, 5.74) is 2.08. The van der Waals surface area contributed by atoms with E-state index in [1.54, 1.807) is 11.3 Å². The first kappa shape index (κ1) is 18.3. The van der Waals surface area contributed by atoms with Crippen molar-refractivity contribution >= 4 is 67.3 Å². The minimum Gasteiger partial charge on any atom is -0.300 e. The lowest BCUT2D eigenvalue weighted by atomic mass is 10.1. The van der Waals surface area contributed by atoms with Gasteiger partial charge in [-0.2, -0.15) is 0 Å². The number of thiophene rings is 1. The molecule has 3 aromatic heterocycles. The third kappa shape index (κ3) is 4.11. The van der Waals surface area contributed by atoms with Gasteiger partial charge in [0.05, 0.1) is 11.1 Å². The summed E-state index contributed by atoms with van der Waals surface area (Å²) < 4.78 is 0. The van der Waals surface area contributed by atoms with Crippen molar-refractivity contribution in [3.8, 4) is 11.1 Å². The number of aromatic nitrogens is 4. The van der Waals surface area contributed by atoms with Crippen LogP contribution in [-0.4, -0.2) is 31.8 Å². The fourth-order valence-electron chi connectivity index (χ4n) is 2.44. The van der Waals surface area contributed by atoms with E-state index in [-0.39, 0.29) is 11.7 Å². The highest BCUT2D eigenvalue weighted by atomic mass is 35.5. The van der Waals surface area contributed by atoms with E-state index < -0.39 is 0 Å². The number of hydrogen-bond donors (Lipinski definition) is 1. The summed E-state index contributed by atoms with van der Waals surface area (Å²) in [5, 5.41) is 16.3. The first-order chi connectivity index (χ1) is 13.1. The lowest BCUT2D eigenvalue weighted by Crippen LogP contribution is -2.14. The Labute approximate surface area is 172 Å². The van der Waals surface area contributed by atoms with Gasteiger partial charge in [-0.25, -0.2) is 9.97 Å². The lowest BCUT2D eigenvalue weighted by Gasteiger charge is -2.05. The molecule has 0 spiro atoms. The van der Waals surface area contributed by atoms with Gasteiger partial charge in [-0.1, -0.05) is 46.8 Å². The Morgan fingerprint density at radius 3 is 2.78 bits per heavy atom. The minimum atomic E-state index is -0.147. The monoisotopic (exact) mass is 433 g/mol. The van der Waals surface area contributed by atoms with Gasteiger partial charge in [-0.05, 0) is 24.6 Å². The molecule has 136 valence electrons. The molecule has 0 fully saturated rings. The number of nitrogens with one attached hydrogen (secondary N) is 1. The molecule has 4 rings (SSSR count). The third-order valence-corrected chi connectivity index (χ3v) is 6.48. The highest BCUT2D eigenvalue weighted by Crippen LogP contribution is 2.38. The van der Waals surface area contributed by atoms with Crippen molar-refractivity contribution in [1.29, 1.82) is 0 Å². The second-order valence-corrected chi connectivity index (χ2v) is 8.92. The van der Waals surface area contributed by atoms with Crippen LogP contribution in [0.25, 0.3) is 21.3 Å². The number of hydrogen-bond acceptors (Lipinski definition) is 8. The lowest BCUT2D eigenvalue weighted by molar-refractivity contribution is -0.113. The molecular formula is C17H12ClN5OS3. The molecule has 0 saturated heterocycles. The van der Waals surface area contributed by atoms with E-state index in [1.165, 1.54) is 29.4 Å². The summed E-state index contributed by atoms with van der Waals surface area (Å²) in [5.74, 6) is 0.0758. The maximum absolute atomic E-state index is 12.2. The highest BCUT2D eigenvalue weighted by molar-refractivity contribution is 8.00. The first-order valence-corrected chi connectivity index (χ1v) is 10.9. The van der Waals surface area contributed by atoms with Crippen molar-refractivity contribution in [3.63, 3.8) is 0 Å².